The molecule has 0 aromatic heterocycles. The Bertz CT molecular complexity index is 1670. The summed E-state index contributed by atoms with van der Waals surface area (Å²) in [4.78, 5) is 10.7. The van der Waals surface area contributed by atoms with Gasteiger partial charge >= 0.3 is 0 Å². The van der Waals surface area contributed by atoms with Crippen LogP contribution in [0.25, 0.3) is 32.3 Å². The van der Waals surface area contributed by atoms with Crippen LogP contribution in [-0.2, 0) is 0 Å². The minimum Gasteiger partial charge on any atom is -0.246 e. The molecular formula is C32H26N2. The lowest BCUT2D eigenvalue weighted by Gasteiger charge is -2.13. The largest absolute Gasteiger partial charge is 0.246 e. The minimum absolute atomic E-state index is 0.942. The van der Waals surface area contributed by atoms with Gasteiger partial charge in [0.2, 0.25) is 0 Å². The molecule has 0 fully saturated rings. The quantitative estimate of drug-likeness (QED) is 0.247. The third kappa shape index (κ3) is 3.10. The summed E-state index contributed by atoms with van der Waals surface area (Å²) < 4.78 is 0. The van der Waals surface area contributed by atoms with Gasteiger partial charge in [0.25, 0.3) is 0 Å². The summed E-state index contributed by atoms with van der Waals surface area (Å²) in [6.45, 7) is 8.53. The maximum atomic E-state index is 5.35. The van der Waals surface area contributed by atoms with E-state index in [-0.39, 0.29) is 0 Å². The second kappa shape index (κ2) is 7.78. The molecule has 0 aliphatic rings. The molecule has 2 heteroatoms. The molecule has 0 N–H and O–H groups in total. The average molecular weight is 439 g/mol. The van der Waals surface area contributed by atoms with Crippen molar-refractivity contribution < 1.29 is 0 Å². The molecule has 0 atom stereocenters. The second-order valence-corrected chi connectivity index (χ2v) is 9.27. The zero-order chi connectivity index (χ0) is 23.4. The Morgan fingerprint density at radius 2 is 0.765 bits per heavy atom. The summed E-state index contributed by atoms with van der Waals surface area (Å²) in [6, 6.07) is 30.2. The van der Waals surface area contributed by atoms with Crippen LogP contribution in [0.5, 0.6) is 0 Å². The normalized spacial score (nSPS) is 13.1. The van der Waals surface area contributed by atoms with Gasteiger partial charge in [0.1, 0.15) is 0 Å². The predicted molar refractivity (Wildman–Crippen MR) is 144 cm³/mol. The molecule has 0 saturated carbocycles. The van der Waals surface area contributed by atoms with E-state index >= 15 is 0 Å². The summed E-state index contributed by atoms with van der Waals surface area (Å²) in [5, 5.41) is 9.18. The first-order chi connectivity index (χ1) is 16.5. The van der Waals surface area contributed by atoms with E-state index in [1.165, 1.54) is 43.8 Å². The van der Waals surface area contributed by atoms with Gasteiger partial charge in [0.05, 0.1) is 22.1 Å². The maximum Gasteiger partial charge on any atom is 0.0979 e. The summed E-state index contributed by atoms with van der Waals surface area (Å²) in [5.74, 6) is 0. The third-order valence-corrected chi connectivity index (χ3v) is 6.95. The highest BCUT2D eigenvalue weighted by Crippen LogP contribution is 2.32. The van der Waals surface area contributed by atoms with Crippen LogP contribution in [0.3, 0.4) is 0 Å². The van der Waals surface area contributed by atoms with Gasteiger partial charge in [-0.05, 0) is 71.5 Å². The van der Waals surface area contributed by atoms with Crippen LogP contribution in [-0.4, -0.2) is 0 Å². The average Bonchev–Trinajstić information content (AvgIpc) is 2.83. The Labute approximate surface area is 199 Å². The fraction of sp³-hybridized carbons (Fsp3) is 0.125. The lowest BCUT2D eigenvalue weighted by atomic mass is 9.93. The van der Waals surface area contributed by atoms with Crippen molar-refractivity contribution in [2.75, 3.05) is 0 Å². The highest BCUT2D eigenvalue weighted by atomic mass is 14.8. The molecule has 0 radical (unpaired) electrons. The molecule has 0 bridgehead atoms. The number of aryl methyl sites for hydroxylation is 4. The van der Waals surface area contributed by atoms with Crippen LogP contribution in [0.2, 0.25) is 0 Å². The first-order valence-electron chi connectivity index (χ1n) is 11.8. The zero-order valence-electron chi connectivity index (χ0n) is 20.0. The molecule has 0 saturated heterocycles. The number of hydrogen-bond donors (Lipinski definition) is 0. The van der Waals surface area contributed by atoms with Gasteiger partial charge in [-0.1, -0.05) is 84.9 Å². The van der Waals surface area contributed by atoms with Crippen molar-refractivity contribution in [3.63, 3.8) is 0 Å². The number of hydrogen-bond acceptors (Lipinski definition) is 2. The van der Waals surface area contributed by atoms with Crippen LogP contribution < -0.4 is 10.7 Å². The van der Waals surface area contributed by atoms with Crippen molar-refractivity contribution in [2.24, 2.45) is 9.98 Å². The molecule has 0 amide bonds. The summed E-state index contributed by atoms with van der Waals surface area (Å²) in [6.07, 6.45) is 0. The van der Waals surface area contributed by atoms with Gasteiger partial charge in [0, 0.05) is 10.8 Å². The Morgan fingerprint density at radius 1 is 0.412 bits per heavy atom. The topological polar surface area (TPSA) is 24.7 Å². The molecule has 0 unspecified atom stereocenters. The van der Waals surface area contributed by atoms with Gasteiger partial charge in [-0.3, -0.25) is 0 Å². The Balaban J connectivity index is 1.93. The Morgan fingerprint density at radius 3 is 1.15 bits per heavy atom. The third-order valence-electron chi connectivity index (χ3n) is 6.95. The smallest absolute Gasteiger partial charge is 0.0979 e. The van der Waals surface area contributed by atoms with Crippen molar-refractivity contribution in [1.29, 1.82) is 0 Å². The van der Waals surface area contributed by atoms with E-state index in [2.05, 4.69) is 113 Å². The molecule has 0 spiro atoms. The van der Waals surface area contributed by atoms with Crippen molar-refractivity contribution in [3.05, 3.63) is 118 Å². The molecule has 6 rings (SSSR count). The molecule has 0 aliphatic heterocycles. The molecule has 6 aromatic carbocycles. The highest BCUT2D eigenvalue weighted by molar-refractivity contribution is 6.22. The van der Waals surface area contributed by atoms with Gasteiger partial charge in [0.15, 0.2) is 0 Å². The van der Waals surface area contributed by atoms with E-state index in [1.54, 1.807) is 0 Å². The standard InChI is InChI=1S/C32H26N2/c1-19-9-5-10-20(2)29(19)33-31-25-15-7-13-23-17-18-24-14-8-16-26(28(24)27(23)25)32(31)34-30-21(3)11-6-12-22(30)4/h5-18H,1-4H3. The lowest BCUT2D eigenvalue weighted by Crippen LogP contribution is -2.27. The molecule has 2 nitrogen and oxygen atoms in total. The van der Waals surface area contributed by atoms with Crippen LogP contribution in [0.1, 0.15) is 22.3 Å². The zero-order valence-corrected chi connectivity index (χ0v) is 20.0. The molecule has 0 aliphatic carbocycles. The van der Waals surface area contributed by atoms with Crippen molar-refractivity contribution in [1.82, 2.24) is 0 Å². The minimum atomic E-state index is 0.942. The van der Waals surface area contributed by atoms with Gasteiger partial charge in [-0.25, -0.2) is 9.98 Å². The summed E-state index contributed by atoms with van der Waals surface area (Å²) >= 11 is 0. The number of benzene rings is 6. The maximum absolute atomic E-state index is 5.35. The van der Waals surface area contributed by atoms with Crippen molar-refractivity contribution >= 4 is 43.7 Å². The molecule has 0 heterocycles. The number of rotatable bonds is 2. The monoisotopic (exact) mass is 438 g/mol. The van der Waals surface area contributed by atoms with E-state index in [9.17, 15) is 0 Å². The van der Waals surface area contributed by atoms with Crippen LogP contribution in [0, 0.1) is 27.7 Å². The van der Waals surface area contributed by atoms with Crippen LogP contribution in [0.15, 0.2) is 94.9 Å². The Kier molecular flexibility index (Phi) is 4.70. The SMILES string of the molecule is Cc1cccc(C)c1N=c1c(=Nc2c(C)cccc2C)c2cccc3ccc4cccc1c4c32. The fourth-order valence-corrected chi connectivity index (χ4v) is 5.22. The van der Waals surface area contributed by atoms with E-state index in [0.717, 1.165) is 32.9 Å². The van der Waals surface area contributed by atoms with E-state index in [0.29, 0.717) is 0 Å². The fourth-order valence-electron chi connectivity index (χ4n) is 5.22. The molecule has 6 aromatic rings. The van der Waals surface area contributed by atoms with Crippen molar-refractivity contribution in [2.45, 2.75) is 27.7 Å². The first-order valence-corrected chi connectivity index (χ1v) is 11.8. The highest BCUT2D eigenvalue weighted by Gasteiger charge is 2.14. The predicted octanol–water partition coefficient (Wildman–Crippen LogP) is 7.72. The van der Waals surface area contributed by atoms with E-state index in [1.807, 2.05) is 0 Å². The number of nitrogens with zero attached hydrogens (tertiary/aromatic N) is 2. The van der Waals surface area contributed by atoms with Gasteiger partial charge in [-0.2, -0.15) is 0 Å². The van der Waals surface area contributed by atoms with E-state index < -0.39 is 0 Å². The molecule has 164 valence electrons. The Hall–Kier alpha value is -4.04. The van der Waals surface area contributed by atoms with E-state index in [4.69, 9.17) is 9.98 Å². The van der Waals surface area contributed by atoms with Gasteiger partial charge in [-0.15, -0.1) is 0 Å². The second-order valence-electron chi connectivity index (χ2n) is 9.27. The molecule has 34 heavy (non-hydrogen) atoms. The van der Waals surface area contributed by atoms with Crippen LogP contribution in [0.4, 0.5) is 11.4 Å². The summed E-state index contributed by atoms with van der Waals surface area (Å²) in [7, 11) is 0. The summed E-state index contributed by atoms with van der Waals surface area (Å²) in [5.41, 5.74) is 6.73. The lowest BCUT2D eigenvalue weighted by molar-refractivity contribution is 1.21. The number of para-hydroxylation sites is 2. The van der Waals surface area contributed by atoms with Crippen molar-refractivity contribution in [3.8, 4) is 0 Å². The first kappa shape index (κ1) is 20.6. The van der Waals surface area contributed by atoms with Crippen LogP contribution >= 0.6 is 0 Å². The molecular weight excluding hydrogens is 412 g/mol. The van der Waals surface area contributed by atoms with Gasteiger partial charge < -0.3 is 0 Å².